The molecule has 4 N–H and O–H groups in total. The highest BCUT2D eigenvalue weighted by Crippen LogP contribution is 2.09. The molecule has 1 atom stereocenters. The normalized spacial score (nSPS) is 12.1. The molecule has 0 spiro atoms. The second kappa shape index (κ2) is 6.12. The number of nitrogens with two attached hydrogens (primary N) is 1. The molecule has 1 rings (SSSR count). The molecule has 0 saturated carbocycles. The first-order chi connectivity index (χ1) is 7.63. The highest BCUT2D eigenvalue weighted by atomic mass is 16.3. The SMILES string of the molecule is CC(CCCN)NC(=O)c1ccc(O)cc1. The van der Waals surface area contributed by atoms with Crippen LogP contribution in [-0.4, -0.2) is 23.6 Å². The zero-order chi connectivity index (χ0) is 12.0. The third kappa shape index (κ3) is 3.90. The van der Waals surface area contributed by atoms with E-state index in [0.29, 0.717) is 12.1 Å². The first-order valence-electron chi connectivity index (χ1n) is 5.43. The van der Waals surface area contributed by atoms with Gasteiger partial charge in [-0.1, -0.05) is 0 Å². The third-order valence-corrected chi connectivity index (χ3v) is 2.35. The molecular formula is C12H18N2O2. The fourth-order valence-electron chi connectivity index (χ4n) is 1.42. The van der Waals surface area contributed by atoms with Crippen LogP contribution in [0.5, 0.6) is 5.75 Å². The van der Waals surface area contributed by atoms with Crippen LogP contribution in [0.15, 0.2) is 24.3 Å². The quantitative estimate of drug-likeness (QED) is 0.701. The molecular weight excluding hydrogens is 204 g/mol. The lowest BCUT2D eigenvalue weighted by Gasteiger charge is -2.13. The number of phenols is 1. The summed E-state index contributed by atoms with van der Waals surface area (Å²) in [5.41, 5.74) is 5.95. The first kappa shape index (κ1) is 12.5. The molecule has 4 nitrogen and oxygen atoms in total. The van der Waals surface area contributed by atoms with Gasteiger partial charge in [0.25, 0.3) is 5.91 Å². The van der Waals surface area contributed by atoms with Crippen molar-refractivity contribution in [3.8, 4) is 5.75 Å². The van der Waals surface area contributed by atoms with Gasteiger partial charge in [-0.3, -0.25) is 4.79 Å². The minimum absolute atomic E-state index is 0.116. The van der Waals surface area contributed by atoms with Crippen molar-refractivity contribution < 1.29 is 9.90 Å². The van der Waals surface area contributed by atoms with Crippen molar-refractivity contribution in [1.29, 1.82) is 0 Å². The van der Waals surface area contributed by atoms with E-state index in [1.54, 1.807) is 12.1 Å². The van der Waals surface area contributed by atoms with Crippen LogP contribution in [-0.2, 0) is 0 Å². The summed E-state index contributed by atoms with van der Waals surface area (Å²) >= 11 is 0. The Morgan fingerprint density at radius 1 is 1.44 bits per heavy atom. The van der Waals surface area contributed by atoms with Gasteiger partial charge in [0.2, 0.25) is 0 Å². The Kier molecular flexibility index (Phi) is 4.79. The fourth-order valence-corrected chi connectivity index (χ4v) is 1.42. The minimum atomic E-state index is -0.121. The van der Waals surface area contributed by atoms with E-state index in [1.165, 1.54) is 12.1 Å². The second-order valence-corrected chi connectivity index (χ2v) is 3.85. The summed E-state index contributed by atoms with van der Waals surface area (Å²) in [5.74, 6) is 0.0391. The Labute approximate surface area is 95.5 Å². The molecule has 88 valence electrons. The average molecular weight is 222 g/mol. The van der Waals surface area contributed by atoms with E-state index in [4.69, 9.17) is 10.8 Å². The zero-order valence-corrected chi connectivity index (χ0v) is 9.44. The van der Waals surface area contributed by atoms with Crippen LogP contribution >= 0.6 is 0 Å². The molecule has 1 unspecified atom stereocenters. The number of hydrogen-bond donors (Lipinski definition) is 3. The largest absolute Gasteiger partial charge is 0.508 e. The number of carbonyl (C=O) groups is 1. The lowest BCUT2D eigenvalue weighted by Crippen LogP contribution is -2.32. The van der Waals surface area contributed by atoms with Gasteiger partial charge in [-0.2, -0.15) is 0 Å². The second-order valence-electron chi connectivity index (χ2n) is 3.85. The third-order valence-electron chi connectivity index (χ3n) is 2.35. The molecule has 0 aromatic heterocycles. The summed E-state index contributed by atoms with van der Waals surface area (Å²) in [5, 5.41) is 12.0. The molecule has 0 saturated heterocycles. The van der Waals surface area contributed by atoms with Crippen molar-refractivity contribution in [3.63, 3.8) is 0 Å². The van der Waals surface area contributed by atoms with Crippen LogP contribution in [0, 0.1) is 0 Å². The molecule has 0 heterocycles. The summed E-state index contributed by atoms with van der Waals surface area (Å²) in [4.78, 5) is 11.7. The Morgan fingerprint density at radius 3 is 2.62 bits per heavy atom. The molecule has 0 radical (unpaired) electrons. The molecule has 16 heavy (non-hydrogen) atoms. The molecule has 1 aromatic rings. The van der Waals surface area contributed by atoms with Gasteiger partial charge in [-0.25, -0.2) is 0 Å². The van der Waals surface area contributed by atoms with E-state index in [0.717, 1.165) is 12.8 Å². The van der Waals surface area contributed by atoms with Crippen molar-refractivity contribution in [1.82, 2.24) is 5.32 Å². The van der Waals surface area contributed by atoms with Gasteiger partial charge in [0, 0.05) is 11.6 Å². The van der Waals surface area contributed by atoms with Crippen molar-refractivity contribution >= 4 is 5.91 Å². The Bertz CT molecular complexity index is 335. The summed E-state index contributed by atoms with van der Waals surface area (Å²) < 4.78 is 0. The number of carbonyl (C=O) groups excluding carboxylic acids is 1. The maximum absolute atomic E-state index is 11.7. The van der Waals surface area contributed by atoms with Crippen LogP contribution < -0.4 is 11.1 Å². The molecule has 0 bridgehead atoms. The van der Waals surface area contributed by atoms with Crippen molar-refractivity contribution in [2.24, 2.45) is 5.73 Å². The maximum Gasteiger partial charge on any atom is 0.251 e. The number of hydrogen-bond acceptors (Lipinski definition) is 3. The van der Waals surface area contributed by atoms with Crippen LogP contribution in [0.4, 0.5) is 0 Å². The van der Waals surface area contributed by atoms with E-state index in [-0.39, 0.29) is 17.7 Å². The van der Waals surface area contributed by atoms with Gasteiger partial charge in [-0.15, -0.1) is 0 Å². The summed E-state index contributed by atoms with van der Waals surface area (Å²) in [7, 11) is 0. The van der Waals surface area contributed by atoms with Crippen LogP contribution in [0.2, 0.25) is 0 Å². The Morgan fingerprint density at radius 2 is 2.06 bits per heavy atom. The van der Waals surface area contributed by atoms with Crippen molar-refractivity contribution in [2.45, 2.75) is 25.8 Å². The molecule has 1 amide bonds. The Balaban J connectivity index is 2.48. The molecule has 1 aromatic carbocycles. The van der Waals surface area contributed by atoms with Gasteiger partial charge >= 0.3 is 0 Å². The number of rotatable bonds is 5. The lowest BCUT2D eigenvalue weighted by atomic mass is 10.1. The van der Waals surface area contributed by atoms with Crippen LogP contribution in [0.1, 0.15) is 30.1 Å². The Hall–Kier alpha value is -1.55. The van der Waals surface area contributed by atoms with Crippen LogP contribution in [0.3, 0.4) is 0 Å². The zero-order valence-electron chi connectivity index (χ0n) is 9.44. The van der Waals surface area contributed by atoms with Crippen molar-refractivity contribution in [2.75, 3.05) is 6.54 Å². The maximum atomic E-state index is 11.7. The van der Waals surface area contributed by atoms with E-state index in [1.807, 2.05) is 6.92 Å². The highest BCUT2D eigenvalue weighted by molar-refractivity contribution is 5.94. The van der Waals surface area contributed by atoms with E-state index < -0.39 is 0 Å². The smallest absolute Gasteiger partial charge is 0.251 e. The van der Waals surface area contributed by atoms with Gasteiger partial charge < -0.3 is 16.2 Å². The van der Waals surface area contributed by atoms with E-state index >= 15 is 0 Å². The molecule has 0 aliphatic heterocycles. The van der Waals surface area contributed by atoms with Gasteiger partial charge in [0.15, 0.2) is 0 Å². The number of phenolic OH excluding ortho intramolecular Hbond substituents is 1. The molecule has 0 aliphatic carbocycles. The number of benzene rings is 1. The molecule has 0 fully saturated rings. The molecule has 4 heteroatoms. The standard InChI is InChI=1S/C12H18N2O2/c1-9(3-2-8-13)14-12(16)10-4-6-11(15)7-5-10/h4-7,9,15H,2-3,8,13H2,1H3,(H,14,16). The fraction of sp³-hybridized carbons (Fsp3) is 0.417. The van der Waals surface area contributed by atoms with Crippen LogP contribution in [0.25, 0.3) is 0 Å². The summed E-state index contributed by atoms with van der Waals surface area (Å²) in [6, 6.07) is 6.31. The van der Waals surface area contributed by atoms with Crippen molar-refractivity contribution in [3.05, 3.63) is 29.8 Å². The monoisotopic (exact) mass is 222 g/mol. The predicted octanol–water partition coefficient (Wildman–Crippen LogP) is 1.25. The van der Waals surface area contributed by atoms with Gasteiger partial charge in [0.1, 0.15) is 5.75 Å². The first-order valence-corrected chi connectivity index (χ1v) is 5.43. The minimum Gasteiger partial charge on any atom is -0.508 e. The number of aromatic hydroxyl groups is 1. The average Bonchev–Trinajstić information content (AvgIpc) is 2.27. The van der Waals surface area contributed by atoms with E-state index in [2.05, 4.69) is 5.32 Å². The van der Waals surface area contributed by atoms with Gasteiger partial charge in [-0.05, 0) is 50.6 Å². The van der Waals surface area contributed by atoms with E-state index in [9.17, 15) is 4.79 Å². The summed E-state index contributed by atoms with van der Waals surface area (Å²) in [6.45, 7) is 2.59. The lowest BCUT2D eigenvalue weighted by molar-refractivity contribution is 0.0938. The molecule has 0 aliphatic rings. The highest BCUT2D eigenvalue weighted by Gasteiger charge is 2.08. The number of amides is 1. The van der Waals surface area contributed by atoms with Gasteiger partial charge in [0.05, 0.1) is 0 Å². The number of nitrogens with one attached hydrogen (secondary N) is 1. The summed E-state index contributed by atoms with van der Waals surface area (Å²) in [6.07, 6.45) is 1.78. The topological polar surface area (TPSA) is 75.3 Å². The predicted molar refractivity (Wildman–Crippen MR) is 63.3 cm³/mol.